The van der Waals surface area contributed by atoms with Gasteiger partial charge in [0.05, 0.1) is 25.4 Å². The summed E-state index contributed by atoms with van der Waals surface area (Å²) in [6, 6.07) is 18.1. The predicted octanol–water partition coefficient (Wildman–Crippen LogP) is 19.5. The van der Waals surface area contributed by atoms with Crippen molar-refractivity contribution in [3.63, 3.8) is 0 Å². The molecule has 0 heterocycles. The molecule has 0 aliphatic heterocycles. The average molecular weight is 927 g/mol. The van der Waals surface area contributed by atoms with Crippen LogP contribution in [0.2, 0.25) is 0 Å². The Bertz CT molecular complexity index is 1550. The molecular formula is C61H98O6. The van der Waals surface area contributed by atoms with Crippen LogP contribution in [-0.2, 0) is 0 Å². The van der Waals surface area contributed by atoms with Crippen molar-refractivity contribution in [1.29, 1.82) is 0 Å². The van der Waals surface area contributed by atoms with Crippen molar-refractivity contribution < 1.29 is 28.8 Å². The van der Waals surface area contributed by atoms with Crippen molar-refractivity contribution in [3.8, 4) is 39.9 Å². The highest BCUT2D eigenvalue weighted by Crippen LogP contribution is 2.40. The van der Waals surface area contributed by atoms with E-state index in [1.807, 2.05) is 36.4 Å². The number of esters is 1. The van der Waals surface area contributed by atoms with Crippen LogP contribution < -0.4 is 18.9 Å². The van der Waals surface area contributed by atoms with Gasteiger partial charge >= 0.3 is 5.97 Å². The van der Waals surface area contributed by atoms with Crippen LogP contribution in [0, 0.1) is 0 Å². The number of hydrogen-bond donors (Lipinski definition) is 1. The Morgan fingerprint density at radius 1 is 0.373 bits per heavy atom. The Morgan fingerprint density at radius 3 is 0.985 bits per heavy atom. The Morgan fingerprint density at radius 2 is 0.657 bits per heavy atom. The van der Waals surface area contributed by atoms with E-state index >= 15 is 0 Å². The number of carbonyl (C=O) groups excluding carboxylic acids is 1. The molecule has 6 nitrogen and oxygen atoms in total. The average Bonchev–Trinajstić information content (AvgIpc) is 3.34. The molecule has 67 heavy (non-hydrogen) atoms. The fourth-order valence-corrected chi connectivity index (χ4v) is 8.95. The highest BCUT2D eigenvalue weighted by molar-refractivity contribution is 5.92. The zero-order chi connectivity index (χ0) is 47.7. The molecule has 6 heteroatoms. The Hall–Kier alpha value is -3.67. The van der Waals surface area contributed by atoms with Crippen LogP contribution in [0.4, 0.5) is 0 Å². The highest BCUT2D eigenvalue weighted by atomic mass is 16.5. The smallest absolute Gasteiger partial charge is 0.343 e. The maximum atomic E-state index is 13.9. The second-order valence-corrected chi connectivity index (χ2v) is 19.5. The van der Waals surface area contributed by atoms with Gasteiger partial charge in [-0.15, -0.1) is 0 Å². The summed E-state index contributed by atoms with van der Waals surface area (Å²) in [6.45, 7) is 8.54. The Labute approximate surface area is 411 Å². The second kappa shape index (κ2) is 40.2. The molecule has 1 N–H and O–H groups in total. The van der Waals surface area contributed by atoms with Gasteiger partial charge in [0.15, 0.2) is 11.5 Å². The maximum Gasteiger partial charge on any atom is 0.343 e. The number of rotatable bonds is 45. The number of phenols is 1. The molecule has 0 bridgehead atoms. The van der Waals surface area contributed by atoms with E-state index in [-0.39, 0.29) is 5.75 Å². The third-order valence-corrected chi connectivity index (χ3v) is 13.3. The molecule has 0 radical (unpaired) electrons. The van der Waals surface area contributed by atoms with Crippen LogP contribution in [0.25, 0.3) is 11.1 Å². The quantitative estimate of drug-likeness (QED) is 0.0346. The minimum atomic E-state index is -0.463. The lowest BCUT2D eigenvalue weighted by Gasteiger charge is -2.19. The summed E-state index contributed by atoms with van der Waals surface area (Å²) in [4.78, 5) is 13.9. The van der Waals surface area contributed by atoms with E-state index in [9.17, 15) is 9.90 Å². The third-order valence-electron chi connectivity index (χ3n) is 13.3. The van der Waals surface area contributed by atoms with Gasteiger partial charge in [0.25, 0.3) is 0 Å². The lowest BCUT2D eigenvalue weighted by molar-refractivity contribution is 0.0733. The number of ether oxygens (including phenoxy) is 4. The standard InChI is InChI=1S/C61H98O6/c1-4-7-10-13-16-19-22-25-28-31-34-37-48-64-58-51-55(61(63)67-57-46-42-54(43-47-57)53-40-44-56(62)45-41-53)52-59(65-49-38-35-32-29-26-23-20-17-14-11-8-5-2)60(58)66-50-39-36-33-30-27-24-21-18-15-12-9-6-3/h40-47,51-52,62H,4-39,48-50H2,1-3H3. The fourth-order valence-electron chi connectivity index (χ4n) is 8.95. The largest absolute Gasteiger partial charge is 0.508 e. The molecule has 3 aromatic carbocycles. The first kappa shape index (κ1) is 57.6. The Balaban J connectivity index is 1.63. The molecule has 0 fully saturated rings. The van der Waals surface area contributed by atoms with Crippen molar-refractivity contribution >= 4 is 5.97 Å². The lowest BCUT2D eigenvalue weighted by Crippen LogP contribution is -2.12. The van der Waals surface area contributed by atoms with Gasteiger partial charge in [-0.05, 0) is 66.8 Å². The SMILES string of the molecule is CCCCCCCCCCCCCCOc1cc(C(=O)Oc2ccc(-c3ccc(O)cc3)cc2)cc(OCCCCCCCCCCCCCC)c1OCCCCCCCCCCCCCC. The van der Waals surface area contributed by atoms with E-state index in [4.69, 9.17) is 18.9 Å². The van der Waals surface area contributed by atoms with Crippen LogP contribution in [0.1, 0.15) is 262 Å². The molecule has 3 aromatic rings. The molecule has 0 aliphatic carbocycles. The summed E-state index contributed by atoms with van der Waals surface area (Å²) in [5.41, 5.74) is 2.32. The minimum absolute atomic E-state index is 0.227. The monoisotopic (exact) mass is 927 g/mol. The van der Waals surface area contributed by atoms with Crippen molar-refractivity contribution in [2.75, 3.05) is 19.8 Å². The van der Waals surface area contributed by atoms with Gasteiger partial charge in [0, 0.05) is 0 Å². The molecule has 0 saturated carbocycles. The number of hydrogen-bond acceptors (Lipinski definition) is 6. The number of carbonyl (C=O) groups is 1. The van der Waals surface area contributed by atoms with Gasteiger partial charge in [-0.25, -0.2) is 4.79 Å². The van der Waals surface area contributed by atoms with Crippen LogP contribution in [0.15, 0.2) is 60.7 Å². The summed E-state index contributed by atoms with van der Waals surface area (Å²) in [7, 11) is 0. The molecule has 0 atom stereocenters. The Kier molecular flexibility index (Phi) is 34.6. The number of aromatic hydroxyl groups is 1. The molecule has 0 spiro atoms. The molecule has 0 unspecified atom stereocenters. The topological polar surface area (TPSA) is 74.2 Å². The van der Waals surface area contributed by atoms with Gasteiger partial charge in [-0.3, -0.25) is 0 Å². The summed E-state index contributed by atoms with van der Waals surface area (Å²) in [5, 5.41) is 9.73. The first-order valence-corrected chi connectivity index (χ1v) is 28.2. The molecule has 0 amide bonds. The van der Waals surface area contributed by atoms with Crippen molar-refractivity contribution in [3.05, 3.63) is 66.2 Å². The predicted molar refractivity (Wildman–Crippen MR) is 285 cm³/mol. The number of benzene rings is 3. The number of unbranched alkanes of at least 4 members (excludes halogenated alkanes) is 33. The summed E-state index contributed by atoms with van der Waals surface area (Å²) in [5.74, 6) is 1.95. The fraction of sp³-hybridized carbons (Fsp3) is 0.689. The second-order valence-electron chi connectivity index (χ2n) is 19.5. The highest BCUT2D eigenvalue weighted by Gasteiger charge is 2.21. The summed E-state index contributed by atoms with van der Waals surface area (Å²) >= 11 is 0. The van der Waals surface area contributed by atoms with Gasteiger partial charge in [-0.2, -0.15) is 0 Å². The molecule has 0 aliphatic rings. The van der Waals surface area contributed by atoms with Gasteiger partial charge in [0.2, 0.25) is 5.75 Å². The molecule has 3 rings (SSSR count). The van der Waals surface area contributed by atoms with Crippen LogP contribution in [-0.4, -0.2) is 30.9 Å². The van der Waals surface area contributed by atoms with Crippen molar-refractivity contribution in [2.45, 2.75) is 252 Å². The first-order chi connectivity index (χ1) is 33.0. The van der Waals surface area contributed by atoms with Gasteiger partial charge in [-0.1, -0.05) is 257 Å². The molecular weight excluding hydrogens is 829 g/mol. The van der Waals surface area contributed by atoms with Crippen LogP contribution in [0.5, 0.6) is 28.7 Å². The van der Waals surface area contributed by atoms with E-state index in [2.05, 4.69) is 20.8 Å². The van der Waals surface area contributed by atoms with Gasteiger partial charge in [0.1, 0.15) is 11.5 Å². The van der Waals surface area contributed by atoms with Gasteiger partial charge < -0.3 is 24.1 Å². The first-order valence-electron chi connectivity index (χ1n) is 28.2. The summed E-state index contributed by atoms with van der Waals surface area (Å²) in [6.07, 6.45) is 46.3. The minimum Gasteiger partial charge on any atom is -0.508 e. The van der Waals surface area contributed by atoms with Crippen LogP contribution in [0.3, 0.4) is 0 Å². The van der Waals surface area contributed by atoms with E-state index < -0.39 is 5.97 Å². The number of phenolic OH excluding ortho intramolecular Hbond substituents is 1. The van der Waals surface area contributed by atoms with E-state index in [0.717, 1.165) is 49.7 Å². The summed E-state index contributed by atoms with van der Waals surface area (Å²) < 4.78 is 25.6. The van der Waals surface area contributed by atoms with Crippen LogP contribution >= 0.6 is 0 Å². The molecule has 0 saturated heterocycles. The zero-order valence-electron chi connectivity index (χ0n) is 43.3. The van der Waals surface area contributed by atoms with Crippen molar-refractivity contribution in [1.82, 2.24) is 0 Å². The normalized spacial score (nSPS) is 11.3. The van der Waals surface area contributed by atoms with Crippen molar-refractivity contribution in [2.24, 2.45) is 0 Å². The molecule has 0 aromatic heterocycles. The maximum absolute atomic E-state index is 13.9. The van der Waals surface area contributed by atoms with E-state index in [0.29, 0.717) is 48.4 Å². The van der Waals surface area contributed by atoms with E-state index in [1.165, 1.54) is 193 Å². The zero-order valence-corrected chi connectivity index (χ0v) is 43.3. The molecule has 378 valence electrons. The van der Waals surface area contributed by atoms with E-state index in [1.54, 1.807) is 24.3 Å². The lowest BCUT2D eigenvalue weighted by atomic mass is 10.1. The third kappa shape index (κ3) is 28.4.